The average Bonchev–Trinajstić information content (AvgIpc) is 2.40. The van der Waals surface area contributed by atoms with Crippen LogP contribution in [0.2, 0.25) is 10.0 Å². The summed E-state index contributed by atoms with van der Waals surface area (Å²) in [5.41, 5.74) is 0.959. The number of pyridine rings is 1. The molecule has 19 heavy (non-hydrogen) atoms. The van der Waals surface area contributed by atoms with Gasteiger partial charge in [-0.3, -0.25) is 14.9 Å². The molecular formula is C12H8Cl2N2O3. The summed E-state index contributed by atoms with van der Waals surface area (Å²) in [5.74, 6) is 0. The standard InChI is InChI=1S/C12H8Cl2N2O3/c1-6-9(13)12(17)10(14)11(15-6)7-2-4-8(5-3-7)16(18)19/h2-5H,1H3,(H,15,17). The van der Waals surface area contributed by atoms with Gasteiger partial charge in [0, 0.05) is 23.4 Å². The predicted octanol–water partition coefficient (Wildman–Crippen LogP) is 3.57. The van der Waals surface area contributed by atoms with Gasteiger partial charge >= 0.3 is 0 Å². The van der Waals surface area contributed by atoms with E-state index in [9.17, 15) is 14.9 Å². The zero-order valence-electron chi connectivity index (χ0n) is 9.74. The Balaban J connectivity index is 2.59. The second kappa shape index (κ2) is 5.03. The third-order valence-corrected chi connectivity index (χ3v) is 3.44. The van der Waals surface area contributed by atoms with Gasteiger partial charge in [0.1, 0.15) is 10.0 Å². The third kappa shape index (κ3) is 2.47. The second-order valence-corrected chi connectivity index (χ2v) is 4.64. The van der Waals surface area contributed by atoms with Crippen LogP contribution in [-0.4, -0.2) is 9.91 Å². The number of nitro groups is 1. The van der Waals surface area contributed by atoms with Gasteiger partial charge < -0.3 is 4.98 Å². The molecule has 0 fully saturated rings. The van der Waals surface area contributed by atoms with E-state index in [4.69, 9.17) is 23.2 Å². The molecule has 0 aliphatic rings. The van der Waals surface area contributed by atoms with Crippen LogP contribution in [0.15, 0.2) is 29.1 Å². The van der Waals surface area contributed by atoms with Crippen LogP contribution in [-0.2, 0) is 0 Å². The van der Waals surface area contributed by atoms with Crippen LogP contribution in [0.4, 0.5) is 5.69 Å². The number of rotatable bonds is 2. The Morgan fingerprint density at radius 1 is 1.16 bits per heavy atom. The Kier molecular flexibility index (Phi) is 3.59. The highest BCUT2D eigenvalue weighted by Gasteiger charge is 2.14. The third-order valence-electron chi connectivity index (χ3n) is 2.63. The van der Waals surface area contributed by atoms with Gasteiger partial charge in [0.2, 0.25) is 5.43 Å². The monoisotopic (exact) mass is 298 g/mol. The topological polar surface area (TPSA) is 76.0 Å². The van der Waals surface area contributed by atoms with Gasteiger partial charge in [-0.15, -0.1) is 0 Å². The molecule has 0 atom stereocenters. The smallest absolute Gasteiger partial charge is 0.269 e. The largest absolute Gasteiger partial charge is 0.356 e. The van der Waals surface area contributed by atoms with Crippen molar-refractivity contribution in [3.63, 3.8) is 0 Å². The molecule has 0 aliphatic carbocycles. The van der Waals surface area contributed by atoms with Crippen LogP contribution >= 0.6 is 23.2 Å². The molecule has 0 amide bonds. The van der Waals surface area contributed by atoms with Crippen molar-refractivity contribution in [2.75, 3.05) is 0 Å². The summed E-state index contributed by atoms with van der Waals surface area (Å²) in [4.78, 5) is 24.8. The van der Waals surface area contributed by atoms with Gasteiger partial charge in [-0.25, -0.2) is 0 Å². The summed E-state index contributed by atoms with van der Waals surface area (Å²) in [6.07, 6.45) is 0. The Bertz CT molecular complexity index is 708. The van der Waals surface area contributed by atoms with E-state index in [1.165, 1.54) is 24.3 Å². The molecule has 0 radical (unpaired) electrons. The first-order valence-corrected chi connectivity index (χ1v) is 6.00. The number of benzene rings is 1. The fourth-order valence-corrected chi connectivity index (χ4v) is 2.07. The van der Waals surface area contributed by atoms with Crippen molar-refractivity contribution in [1.82, 2.24) is 4.98 Å². The Morgan fingerprint density at radius 3 is 2.26 bits per heavy atom. The zero-order chi connectivity index (χ0) is 14.2. The van der Waals surface area contributed by atoms with Crippen molar-refractivity contribution < 1.29 is 4.92 Å². The highest BCUT2D eigenvalue weighted by atomic mass is 35.5. The zero-order valence-corrected chi connectivity index (χ0v) is 11.2. The number of hydrogen-bond acceptors (Lipinski definition) is 3. The number of aryl methyl sites for hydroxylation is 1. The fraction of sp³-hybridized carbons (Fsp3) is 0.0833. The molecule has 5 nitrogen and oxygen atoms in total. The fourth-order valence-electron chi connectivity index (χ4n) is 1.63. The molecule has 1 aromatic carbocycles. The van der Waals surface area contributed by atoms with Crippen molar-refractivity contribution in [2.24, 2.45) is 0 Å². The Hall–Kier alpha value is -1.85. The summed E-state index contributed by atoms with van der Waals surface area (Å²) in [6.45, 7) is 1.65. The summed E-state index contributed by atoms with van der Waals surface area (Å²) in [5, 5.41) is 10.6. The van der Waals surface area contributed by atoms with Gasteiger partial charge in [-0.1, -0.05) is 23.2 Å². The molecule has 2 rings (SSSR count). The lowest BCUT2D eigenvalue weighted by atomic mass is 10.1. The lowest BCUT2D eigenvalue weighted by Gasteiger charge is -2.07. The minimum Gasteiger partial charge on any atom is -0.356 e. The van der Waals surface area contributed by atoms with Gasteiger partial charge in [-0.2, -0.15) is 0 Å². The van der Waals surface area contributed by atoms with Crippen molar-refractivity contribution in [3.8, 4) is 11.3 Å². The normalized spacial score (nSPS) is 10.5. The molecule has 0 saturated carbocycles. The maximum Gasteiger partial charge on any atom is 0.269 e. The van der Waals surface area contributed by atoms with E-state index in [2.05, 4.69) is 4.98 Å². The van der Waals surface area contributed by atoms with Crippen LogP contribution in [0.5, 0.6) is 0 Å². The molecule has 0 spiro atoms. The first kappa shape index (κ1) is 13.6. The van der Waals surface area contributed by atoms with E-state index < -0.39 is 10.4 Å². The highest BCUT2D eigenvalue weighted by Crippen LogP contribution is 2.27. The second-order valence-electron chi connectivity index (χ2n) is 3.89. The van der Waals surface area contributed by atoms with Gasteiger partial charge in [-0.05, 0) is 19.1 Å². The van der Waals surface area contributed by atoms with Gasteiger partial charge in [0.15, 0.2) is 0 Å². The number of nitrogens with one attached hydrogen (secondary N) is 1. The van der Waals surface area contributed by atoms with Crippen LogP contribution in [0, 0.1) is 17.0 Å². The van der Waals surface area contributed by atoms with E-state index in [0.29, 0.717) is 17.0 Å². The van der Waals surface area contributed by atoms with Crippen molar-refractivity contribution >= 4 is 28.9 Å². The number of nitrogens with zero attached hydrogens (tertiary/aromatic N) is 1. The van der Waals surface area contributed by atoms with E-state index in [-0.39, 0.29) is 15.7 Å². The van der Waals surface area contributed by atoms with E-state index in [1.54, 1.807) is 6.92 Å². The Morgan fingerprint density at radius 2 is 1.74 bits per heavy atom. The lowest BCUT2D eigenvalue weighted by Crippen LogP contribution is -2.08. The van der Waals surface area contributed by atoms with Crippen LogP contribution < -0.4 is 5.43 Å². The van der Waals surface area contributed by atoms with Crippen LogP contribution in [0.1, 0.15) is 5.69 Å². The predicted molar refractivity (Wildman–Crippen MR) is 73.9 cm³/mol. The Labute approximate surface area is 117 Å². The number of halogens is 2. The van der Waals surface area contributed by atoms with Gasteiger partial charge in [0.05, 0.1) is 10.6 Å². The molecule has 1 heterocycles. The summed E-state index contributed by atoms with van der Waals surface area (Å²) in [6, 6.07) is 5.72. The van der Waals surface area contributed by atoms with Crippen molar-refractivity contribution in [2.45, 2.75) is 6.92 Å². The molecule has 0 bridgehead atoms. The number of non-ortho nitro benzene ring substituents is 1. The molecule has 2 aromatic rings. The number of H-pyrrole nitrogens is 1. The first-order valence-electron chi connectivity index (χ1n) is 5.24. The van der Waals surface area contributed by atoms with Crippen LogP contribution in [0.3, 0.4) is 0 Å². The highest BCUT2D eigenvalue weighted by molar-refractivity contribution is 6.36. The summed E-state index contributed by atoms with van der Waals surface area (Å²) < 4.78 is 0. The molecule has 1 aromatic heterocycles. The van der Waals surface area contributed by atoms with Gasteiger partial charge in [0.25, 0.3) is 5.69 Å². The average molecular weight is 299 g/mol. The number of aromatic nitrogens is 1. The maximum atomic E-state index is 11.8. The van der Waals surface area contributed by atoms with Crippen molar-refractivity contribution in [1.29, 1.82) is 0 Å². The molecule has 98 valence electrons. The number of aromatic amines is 1. The summed E-state index contributed by atoms with van der Waals surface area (Å²) in [7, 11) is 0. The van der Waals surface area contributed by atoms with Crippen LogP contribution in [0.25, 0.3) is 11.3 Å². The SMILES string of the molecule is Cc1[nH]c(-c2ccc([N+](=O)[O-])cc2)c(Cl)c(=O)c1Cl. The first-order chi connectivity index (χ1) is 8.91. The molecule has 0 aliphatic heterocycles. The van der Waals surface area contributed by atoms with Crippen molar-refractivity contribution in [3.05, 3.63) is 60.3 Å². The minimum atomic E-state index is -0.499. The van der Waals surface area contributed by atoms with E-state index in [1.807, 2.05) is 0 Å². The molecule has 0 unspecified atom stereocenters. The van der Waals surface area contributed by atoms with E-state index >= 15 is 0 Å². The summed E-state index contributed by atoms with van der Waals surface area (Å²) >= 11 is 11.7. The number of hydrogen-bond donors (Lipinski definition) is 1. The molecule has 0 saturated heterocycles. The quantitative estimate of drug-likeness (QED) is 0.680. The maximum absolute atomic E-state index is 11.8. The molecule has 1 N–H and O–H groups in total. The molecule has 7 heteroatoms. The van der Waals surface area contributed by atoms with E-state index in [0.717, 1.165) is 0 Å². The minimum absolute atomic E-state index is 0.0343. The molecular weight excluding hydrogens is 291 g/mol. The number of nitro benzene ring substituents is 1. The lowest BCUT2D eigenvalue weighted by molar-refractivity contribution is -0.384.